The average molecular weight is 378 g/mol. The first-order valence-electron chi connectivity index (χ1n) is 5.77. The van der Waals surface area contributed by atoms with Crippen LogP contribution in [0.4, 0.5) is 0 Å². The summed E-state index contributed by atoms with van der Waals surface area (Å²) in [5, 5.41) is 2.80. The SMILES string of the molecule is COc1cc(I)c(C(=O)NCC(C)(C)N)cc1OC. The van der Waals surface area contributed by atoms with Crippen LogP contribution in [0.5, 0.6) is 11.5 Å². The van der Waals surface area contributed by atoms with Gasteiger partial charge in [-0.25, -0.2) is 0 Å². The molecule has 1 amide bonds. The molecule has 0 saturated heterocycles. The van der Waals surface area contributed by atoms with Crippen molar-refractivity contribution in [2.24, 2.45) is 5.73 Å². The van der Waals surface area contributed by atoms with Crippen molar-refractivity contribution in [3.63, 3.8) is 0 Å². The number of amides is 1. The second-order valence-electron chi connectivity index (χ2n) is 4.86. The Morgan fingerprint density at radius 2 is 1.84 bits per heavy atom. The standard InChI is InChI=1S/C13H19IN2O3/c1-13(2,15)7-16-12(17)8-5-10(18-3)11(19-4)6-9(8)14/h5-6H,7,15H2,1-4H3,(H,16,17). The van der Waals surface area contributed by atoms with Gasteiger partial charge in [-0.1, -0.05) is 0 Å². The maximum absolute atomic E-state index is 12.1. The Labute approximate surface area is 127 Å². The van der Waals surface area contributed by atoms with E-state index in [0.29, 0.717) is 23.6 Å². The van der Waals surface area contributed by atoms with E-state index in [9.17, 15) is 4.79 Å². The third kappa shape index (κ3) is 4.54. The fourth-order valence-electron chi connectivity index (χ4n) is 1.43. The lowest BCUT2D eigenvalue weighted by Crippen LogP contribution is -2.45. The van der Waals surface area contributed by atoms with Gasteiger partial charge in [0.15, 0.2) is 11.5 Å². The van der Waals surface area contributed by atoms with E-state index in [2.05, 4.69) is 27.9 Å². The van der Waals surface area contributed by atoms with Crippen LogP contribution in [0.15, 0.2) is 12.1 Å². The Bertz CT molecular complexity index is 470. The molecule has 0 fully saturated rings. The molecule has 0 aromatic heterocycles. The van der Waals surface area contributed by atoms with E-state index >= 15 is 0 Å². The van der Waals surface area contributed by atoms with E-state index in [1.54, 1.807) is 19.2 Å². The largest absolute Gasteiger partial charge is 0.493 e. The average Bonchev–Trinajstić information content (AvgIpc) is 2.34. The second-order valence-corrected chi connectivity index (χ2v) is 6.02. The second kappa shape index (κ2) is 6.42. The summed E-state index contributed by atoms with van der Waals surface area (Å²) < 4.78 is 11.2. The maximum atomic E-state index is 12.1. The predicted octanol–water partition coefficient (Wildman–Crippen LogP) is 1.78. The van der Waals surface area contributed by atoms with Gasteiger partial charge in [-0.3, -0.25) is 4.79 Å². The summed E-state index contributed by atoms with van der Waals surface area (Å²) in [5.41, 5.74) is 5.94. The van der Waals surface area contributed by atoms with Crippen molar-refractivity contribution in [2.45, 2.75) is 19.4 Å². The molecule has 0 unspecified atom stereocenters. The van der Waals surface area contributed by atoms with Gasteiger partial charge in [0.1, 0.15) is 0 Å². The first kappa shape index (κ1) is 16.0. The summed E-state index contributed by atoms with van der Waals surface area (Å²) in [6, 6.07) is 3.43. The van der Waals surface area contributed by atoms with Crippen LogP contribution in [-0.4, -0.2) is 32.2 Å². The van der Waals surface area contributed by atoms with E-state index in [1.807, 2.05) is 13.8 Å². The van der Waals surface area contributed by atoms with Crippen molar-refractivity contribution < 1.29 is 14.3 Å². The minimum atomic E-state index is -0.447. The summed E-state index contributed by atoms with van der Waals surface area (Å²) in [7, 11) is 3.10. The highest BCUT2D eigenvalue weighted by molar-refractivity contribution is 14.1. The zero-order valence-corrected chi connectivity index (χ0v) is 13.7. The molecular formula is C13H19IN2O3. The van der Waals surface area contributed by atoms with Crippen molar-refractivity contribution in [1.29, 1.82) is 0 Å². The van der Waals surface area contributed by atoms with Crippen LogP contribution in [0, 0.1) is 3.57 Å². The predicted molar refractivity (Wildman–Crippen MR) is 82.9 cm³/mol. The molecule has 1 rings (SSSR count). The number of halogens is 1. The van der Waals surface area contributed by atoms with Crippen molar-refractivity contribution >= 4 is 28.5 Å². The molecule has 6 heteroatoms. The van der Waals surface area contributed by atoms with E-state index in [-0.39, 0.29) is 5.91 Å². The molecule has 19 heavy (non-hydrogen) atoms. The molecule has 5 nitrogen and oxygen atoms in total. The monoisotopic (exact) mass is 378 g/mol. The zero-order valence-electron chi connectivity index (χ0n) is 11.5. The van der Waals surface area contributed by atoms with Gasteiger partial charge in [-0.15, -0.1) is 0 Å². The van der Waals surface area contributed by atoms with Gasteiger partial charge >= 0.3 is 0 Å². The van der Waals surface area contributed by atoms with E-state index in [1.165, 1.54) is 7.11 Å². The number of ether oxygens (including phenoxy) is 2. The van der Waals surface area contributed by atoms with Crippen LogP contribution in [0.3, 0.4) is 0 Å². The molecular weight excluding hydrogens is 359 g/mol. The molecule has 0 spiro atoms. The van der Waals surface area contributed by atoms with Crippen molar-refractivity contribution in [3.05, 3.63) is 21.3 Å². The minimum absolute atomic E-state index is 0.177. The Hall–Kier alpha value is -1.02. The maximum Gasteiger partial charge on any atom is 0.252 e. The number of hydrogen-bond donors (Lipinski definition) is 2. The first-order valence-corrected chi connectivity index (χ1v) is 6.85. The van der Waals surface area contributed by atoms with E-state index in [4.69, 9.17) is 15.2 Å². The Morgan fingerprint density at radius 1 is 1.32 bits per heavy atom. The molecule has 0 heterocycles. The summed E-state index contributed by atoms with van der Waals surface area (Å²) in [6.07, 6.45) is 0. The number of methoxy groups -OCH3 is 2. The number of carbonyl (C=O) groups excluding carboxylic acids is 1. The van der Waals surface area contributed by atoms with Crippen LogP contribution < -0.4 is 20.5 Å². The van der Waals surface area contributed by atoms with Gasteiger partial charge < -0.3 is 20.5 Å². The first-order chi connectivity index (χ1) is 8.78. The zero-order chi connectivity index (χ0) is 14.6. The third-order valence-corrected chi connectivity index (χ3v) is 3.31. The van der Waals surface area contributed by atoms with Gasteiger partial charge in [0.05, 0.1) is 19.8 Å². The van der Waals surface area contributed by atoms with E-state index in [0.717, 1.165) is 3.57 Å². The third-order valence-electron chi connectivity index (χ3n) is 2.42. The lowest BCUT2D eigenvalue weighted by molar-refractivity contribution is 0.0944. The van der Waals surface area contributed by atoms with Crippen molar-refractivity contribution in [1.82, 2.24) is 5.32 Å². The van der Waals surface area contributed by atoms with Gasteiger partial charge in [-0.2, -0.15) is 0 Å². The fraction of sp³-hybridized carbons (Fsp3) is 0.462. The highest BCUT2D eigenvalue weighted by Crippen LogP contribution is 2.31. The van der Waals surface area contributed by atoms with Gasteiger partial charge in [0.25, 0.3) is 5.91 Å². The van der Waals surface area contributed by atoms with Crippen molar-refractivity contribution in [2.75, 3.05) is 20.8 Å². The van der Waals surface area contributed by atoms with Crippen molar-refractivity contribution in [3.8, 4) is 11.5 Å². The number of nitrogens with one attached hydrogen (secondary N) is 1. The number of benzene rings is 1. The van der Waals surface area contributed by atoms with Gasteiger partial charge in [-0.05, 0) is 48.6 Å². The summed E-state index contributed by atoms with van der Waals surface area (Å²) in [4.78, 5) is 12.1. The molecule has 1 aromatic rings. The van der Waals surface area contributed by atoms with Crippen LogP contribution in [0.25, 0.3) is 0 Å². The van der Waals surface area contributed by atoms with Crippen LogP contribution >= 0.6 is 22.6 Å². The molecule has 3 N–H and O–H groups in total. The molecule has 0 aliphatic heterocycles. The van der Waals surface area contributed by atoms with Gasteiger partial charge in [0, 0.05) is 15.7 Å². The number of carbonyl (C=O) groups is 1. The van der Waals surface area contributed by atoms with Crippen LogP contribution in [0.2, 0.25) is 0 Å². The highest BCUT2D eigenvalue weighted by Gasteiger charge is 2.17. The Kier molecular flexibility index (Phi) is 5.42. The molecule has 1 aromatic carbocycles. The lowest BCUT2D eigenvalue weighted by atomic mass is 10.1. The minimum Gasteiger partial charge on any atom is -0.493 e. The molecule has 106 valence electrons. The van der Waals surface area contributed by atoms with Crippen LogP contribution in [0.1, 0.15) is 24.2 Å². The Balaban J connectivity index is 2.97. The number of rotatable bonds is 5. The normalized spacial score (nSPS) is 11.1. The molecule has 0 saturated carbocycles. The molecule has 0 aliphatic carbocycles. The summed E-state index contributed by atoms with van der Waals surface area (Å²) >= 11 is 2.09. The molecule has 0 atom stereocenters. The molecule has 0 aliphatic rings. The van der Waals surface area contributed by atoms with Crippen LogP contribution in [-0.2, 0) is 0 Å². The molecule has 0 bridgehead atoms. The highest BCUT2D eigenvalue weighted by atomic mass is 127. The molecule has 0 radical (unpaired) electrons. The Morgan fingerprint density at radius 3 is 2.32 bits per heavy atom. The smallest absolute Gasteiger partial charge is 0.252 e. The lowest BCUT2D eigenvalue weighted by Gasteiger charge is -2.19. The number of hydrogen-bond acceptors (Lipinski definition) is 4. The number of nitrogens with two attached hydrogens (primary N) is 1. The summed E-state index contributed by atoms with van der Waals surface area (Å²) in [6.45, 7) is 4.11. The van der Waals surface area contributed by atoms with E-state index < -0.39 is 5.54 Å². The topological polar surface area (TPSA) is 73.6 Å². The fourth-order valence-corrected chi connectivity index (χ4v) is 2.11. The quantitative estimate of drug-likeness (QED) is 0.767. The summed E-state index contributed by atoms with van der Waals surface area (Å²) in [5.74, 6) is 0.951. The van der Waals surface area contributed by atoms with Gasteiger partial charge in [0.2, 0.25) is 0 Å².